The number of nitrogens with one attached hydrogen (secondary N) is 1. The first kappa shape index (κ1) is 14.3. The maximum atomic E-state index is 12.2. The zero-order chi connectivity index (χ0) is 14.9. The van der Waals surface area contributed by atoms with Crippen LogP contribution in [0.5, 0.6) is 5.88 Å². The SMILES string of the molecule is COC(C)(C)c1nc(O)c(-c2ccc(C)cc2)c(=O)[nH]1. The molecule has 0 bridgehead atoms. The Morgan fingerprint density at radius 1 is 1.25 bits per heavy atom. The lowest BCUT2D eigenvalue weighted by Gasteiger charge is -2.21. The lowest BCUT2D eigenvalue weighted by molar-refractivity contribution is 0.0108. The van der Waals surface area contributed by atoms with Gasteiger partial charge in [0.2, 0.25) is 5.88 Å². The summed E-state index contributed by atoms with van der Waals surface area (Å²) in [6, 6.07) is 7.31. The van der Waals surface area contributed by atoms with Crippen molar-refractivity contribution in [2.24, 2.45) is 0 Å². The van der Waals surface area contributed by atoms with Gasteiger partial charge in [0.25, 0.3) is 5.56 Å². The van der Waals surface area contributed by atoms with E-state index in [1.54, 1.807) is 26.0 Å². The molecule has 0 aliphatic heterocycles. The lowest BCUT2D eigenvalue weighted by atomic mass is 10.1. The minimum atomic E-state index is -0.775. The number of benzene rings is 1. The van der Waals surface area contributed by atoms with Gasteiger partial charge in [-0.05, 0) is 26.3 Å². The number of aromatic hydroxyl groups is 1. The van der Waals surface area contributed by atoms with Gasteiger partial charge in [-0.3, -0.25) is 4.79 Å². The summed E-state index contributed by atoms with van der Waals surface area (Å²) in [5.74, 6) is -0.00362. The normalized spacial score (nSPS) is 11.6. The molecule has 1 heterocycles. The van der Waals surface area contributed by atoms with Crippen molar-refractivity contribution in [3.63, 3.8) is 0 Å². The highest BCUT2D eigenvalue weighted by molar-refractivity contribution is 5.67. The van der Waals surface area contributed by atoms with Crippen molar-refractivity contribution in [1.29, 1.82) is 0 Å². The average molecular weight is 274 g/mol. The van der Waals surface area contributed by atoms with Gasteiger partial charge in [-0.1, -0.05) is 29.8 Å². The predicted octanol–water partition coefficient (Wildman–Crippen LogP) is 2.33. The summed E-state index contributed by atoms with van der Waals surface area (Å²) in [7, 11) is 1.52. The van der Waals surface area contributed by atoms with E-state index < -0.39 is 5.60 Å². The Morgan fingerprint density at radius 3 is 2.35 bits per heavy atom. The lowest BCUT2D eigenvalue weighted by Crippen LogP contribution is -2.27. The highest BCUT2D eigenvalue weighted by atomic mass is 16.5. The molecule has 0 amide bonds. The van der Waals surface area contributed by atoms with Gasteiger partial charge in [0.1, 0.15) is 17.0 Å². The second-order valence-electron chi connectivity index (χ2n) is 5.19. The Balaban J connectivity index is 2.58. The molecule has 2 aromatic rings. The van der Waals surface area contributed by atoms with E-state index in [-0.39, 0.29) is 17.0 Å². The van der Waals surface area contributed by atoms with E-state index >= 15 is 0 Å². The van der Waals surface area contributed by atoms with Gasteiger partial charge < -0.3 is 14.8 Å². The van der Waals surface area contributed by atoms with E-state index in [9.17, 15) is 9.90 Å². The van der Waals surface area contributed by atoms with Crippen molar-refractivity contribution in [3.05, 3.63) is 46.0 Å². The molecule has 0 saturated carbocycles. The van der Waals surface area contributed by atoms with Crippen LogP contribution in [0.4, 0.5) is 0 Å². The second-order valence-corrected chi connectivity index (χ2v) is 5.19. The van der Waals surface area contributed by atoms with Gasteiger partial charge in [-0.15, -0.1) is 0 Å². The molecule has 0 unspecified atom stereocenters. The number of methoxy groups -OCH3 is 1. The maximum Gasteiger partial charge on any atom is 0.262 e. The van der Waals surface area contributed by atoms with E-state index in [2.05, 4.69) is 9.97 Å². The molecule has 106 valence electrons. The minimum Gasteiger partial charge on any atom is -0.493 e. The van der Waals surface area contributed by atoms with Gasteiger partial charge >= 0.3 is 0 Å². The molecule has 5 nitrogen and oxygen atoms in total. The molecular weight excluding hydrogens is 256 g/mol. The van der Waals surface area contributed by atoms with E-state index in [0.717, 1.165) is 5.56 Å². The first-order valence-electron chi connectivity index (χ1n) is 6.31. The van der Waals surface area contributed by atoms with Crippen LogP contribution in [-0.2, 0) is 10.3 Å². The molecule has 0 fully saturated rings. The number of H-pyrrole nitrogens is 1. The molecule has 0 atom stereocenters. The second kappa shape index (κ2) is 5.09. The van der Waals surface area contributed by atoms with Crippen LogP contribution in [-0.4, -0.2) is 22.2 Å². The Morgan fingerprint density at radius 2 is 1.85 bits per heavy atom. The van der Waals surface area contributed by atoms with Crippen molar-refractivity contribution in [1.82, 2.24) is 9.97 Å². The van der Waals surface area contributed by atoms with E-state index in [4.69, 9.17) is 4.74 Å². The third kappa shape index (κ3) is 2.58. The van der Waals surface area contributed by atoms with Crippen LogP contribution < -0.4 is 5.56 Å². The van der Waals surface area contributed by atoms with Crippen molar-refractivity contribution in [2.75, 3.05) is 7.11 Å². The summed E-state index contributed by atoms with van der Waals surface area (Å²) in [5.41, 5.74) is 0.711. The third-order valence-corrected chi connectivity index (χ3v) is 3.32. The van der Waals surface area contributed by atoms with E-state index in [1.165, 1.54) is 7.11 Å². The fraction of sp³-hybridized carbons (Fsp3) is 0.333. The molecule has 0 aliphatic carbocycles. The van der Waals surface area contributed by atoms with Gasteiger partial charge in [-0.2, -0.15) is 4.98 Å². The molecule has 0 spiro atoms. The van der Waals surface area contributed by atoms with Gasteiger partial charge in [0, 0.05) is 7.11 Å². The van der Waals surface area contributed by atoms with Crippen LogP contribution in [0.3, 0.4) is 0 Å². The third-order valence-electron chi connectivity index (χ3n) is 3.32. The number of aromatic amines is 1. The zero-order valence-corrected chi connectivity index (χ0v) is 12.0. The molecule has 0 radical (unpaired) electrons. The van der Waals surface area contributed by atoms with Crippen molar-refractivity contribution >= 4 is 0 Å². The standard InChI is InChI=1S/C15H18N2O3/c1-9-5-7-10(8-6-9)11-12(18)16-14(17-13(11)19)15(2,3)20-4/h5-8H,1-4H3,(H2,16,17,18,19). The van der Waals surface area contributed by atoms with Gasteiger partial charge in [0.15, 0.2) is 0 Å². The smallest absolute Gasteiger partial charge is 0.262 e. The number of rotatable bonds is 3. The highest BCUT2D eigenvalue weighted by Crippen LogP contribution is 2.27. The van der Waals surface area contributed by atoms with Gasteiger partial charge in [0.05, 0.1) is 0 Å². The number of nitrogens with zero attached hydrogens (tertiary/aromatic N) is 1. The Bertz CT molecular complexity index is 673. The van der Waals surface area contributed by atoms with Crippen molar-refractivity contribution in [2.45, 2.75) is 26.4 Å². The maximum absolute atomic E-state index is 12.2. The summed E-state index contributed by atoms with van der Waals surface area (Å²) in [6.07, 6.45) is 0. The number of ether oxygens (including phenoxy) is 1. The Kier molecular flexibility index (Phi) is 3.63. The van der Waals surface area contributed by atoms with Crippen LogP contribution in [0, 0.1) is 6.92 Å². The number of hydrogen-bond acceptors (Lipinski definition) is 4. The first-order chi connectivity index (χ1) is 9.35. The van der Waals surface area contributed by atoms with E-state index in [1.807, 2.05) is 19.1 Å². The molecule has 0 saturated heterocycles. The molecule has 2 N–H and O–H groups in total. The summed E-state index contributed by atoms with van der Waals surface area (Å²) >= 11 is 0. The van der Waals surface area contributed by atoms with Crippen LogP contribution in [0.2, 0.25) is 0 Å². The summed E-state index contributed by atoms with van der Waals surface area (Å²) in [4.78, 5) is 18.9. The van der Waals surface area contributed by atoms with Crippen LogP contribution in [0.25, 0.3) is 11.1 Å². The predicted molar refractivity (Wildman–Crippen MR) is 76.7 cm³/mol. The highest BCUT2D eigenvalue weighted by Gasteiger charge is 2.25. The van der Waals surface area contributed by atoms with Gasteiger partial charge in [-0.25, -0.2) is 0 Å². The molecular formula is C15H18N2O3. The molecule has 2 rings (SSSR count). The van der Waals surface area contributed by atoms with Crippen molar-refractivity contribution in [3.8, 4) is 17.0 Å². The first-order valence-corrected chi connectivity index (χ1v) is 6.31. The minimum absolute atomic E-state index is 0.167. The Hall–Kier alpha value is -2.14. The number of aryl methyl sites for hydroxylation is 1. The molecule has 1 aromatic heterocycles. The summed E-state index contributed by atoms with van der Waals surface area (Å²) in [6.45, 7) is 5.48. The zero-order valence-electron chi connectivity index (χ0n) is 12.0. The van der Waals surface area contributed by atoms with Crippen molar-refractivity contribution < 1.29 is 9.84 Å². The monoisotopic (exact) mass is 274 g/mol. The largest absolute Gasteiger partial charge is 0.493 e. The summed E-state index contributed by atoms with van der Waals surface area (Å²) < 4.78 is 5.25. The van der Waals surface area contributed by atoms with Crippen LogP contribution >= 0.6 is 0 Å². The van der Waals surface area contributed by atoms with Crippen LogP contribution in [0.1, 0.15) is 25.2 Å². The molecule has 0 aliphatic rings. The summed E-state index contributed by atoms with van der Waals surface area (Å²) in [5, 5.41) is 10.1. The van der Waals surface area contributed by atoms with E-state index in [0.29, 0.717) is 11.4 Å². The average Bonchev–Trinajstić information content (AvgIpc) is 2.40. The number of hydrogen-bond donors (Lipinski definition) is 2. The molecule has 1 aromatic carbocycles. The fourth-order valence-corrected chi connectivity index (χ4v) is 1.82. The van der Waals surface area contributed by atoms with Crippen LogP contribution in [0.15, 0.2) is 29.1 Å². The fourth-order valence-electron chi connectivity index (χ4n) is 1.82. The topological polar surface area (TPSA) is 75.2 Å². The molecule has 5 heteroatoms. The Labute approximate surface area is 117 Å². The number of aromatic nitrogens is 2. The molecule has 20 heavy (non-hydrogen) atoms. The quantitative estimate of drug-likeness (QED) is 0.900.